The van der Waals surface area contributed by atoms with E-state index < -0.39 is 0 Å². The molecule has 1 saturated carbocycles. The molecule has 3 nitrogen and oxygen atoms in total. The Hall–Kier alpha value is -1.35. The van der Waals surface area contributed by atoms with Crippen LogP contribution in [-0.4, -0.2) is 18.5 Å². The number of benzene rings is 1. The monoisotopic (exact) mass is 260 g/mol. The van der Waals surface area contributed by atoms with Crippen molar-refractivity contribution >= 4 is 5.91 Å². The largest absolute Gasteiger partial charge is 0.352 e. The fourth-order valence-corrected chi connectivity index (χ4v) is 2.61. The summed E-state index contributed by atoms with van der Waals surface area (Å²) in [6, 6.07) is 6.23. The Morgan fingerprint density at radius 2 is 1.89 bits per heavy atom. The van der Waals surface area contributed by atoms with E-state index in [4.69, 9.17) is 5.73 Å². The molecule has 1 aromatic carbocycles. The van der Waals surface area contributed by atoms with Crippen molar-refractivity contribution in [3.63, 3.8) is 0 Å². The molecule has 0 atom stereocenters. The third-order valence-corrected chi connectivity index (χ3v) is 4.21. The topological polar surface area (TPSA) is 55.1 Å². The first-order chi connectivity index (χ1) is 9.06. The molecule has 0 spiro atoms. The second kappa shape index (κ2) is 6.20. The molecular formula is C16H24N2O. The zero-order valence-corrected chi connectivity index (χ0v) is 11.9. The summed E-state index contributed by atoms with van der Waals surface area (Å²) in [5.41, 5.74) is 9.03. The van der Waals surface area contributed by atoms with Crippen LogP contribution >= 0.6 is 0 Å². The average Bonchev–Trinajstić information content (AvgIpc) is 2.41. The van der Waals surface area contributed by atoms with Gasteiger partial charge >= 0.3 is 0 Å². The molecule has 104 valence electrons. The SMILES string of the molecule is Cc1ccc(C(=O)NCC2CCC(N)CC2)cc1C. The predicted octanol–water partition coefficient (Wildman–Crippen LogP) is 2.55. The van der Waals surface area contributed by atoms with Gasteiger partial charge in [0.25, 0.3) is 5.91 Å². The van der Waals surface area contributed by atoms with Crippen molar-refractivity contribution in [2.24, 2.45) is 11.7 Å². The number of nitrogens with two attached hydrogens (primary N) is 1. The maximum absolute atomic E-state index is 12.1. The Balaban J connectivity index is 1.85. The number of hydrogen-bond donors (Lipinski definition) is 2. The highest BCUT2D eigenvalue weighted by molar-refractivity contribution is 5.94. The zero-order chi connectivity index (χ0) is 13.8. The van der Waals surface area contributed by atoms with Gasteiger partial charge in [0, 0.05) is 18.2 Å². The second-order valence-corrected chi connectivity index (χ2v) is 5.79. The van der Waals surface area contributed by atoms with Crippen molar-refractivity contribution in [3.05, 3.63) is 34.9 Å². The van der Waals surface area contributed by atoms with Crippen LogP contribution in [0, 0.1) is 19.8 Å². The van der Waals surface area contributed by atoms with Gasteiger partial charge in [-0.1, -0.05) is 6.07 Å². The van der Waals surface area contributed by atoms with Crippen LogP contribution in [0.15, 0.2) is 18.2 Å². The molecule has 1 aromatic rings. The lowest BCUT2D eigenvalue weighted by molar-refractivity contribution is 0.0943. The highest BCUT2D eigenvalue weighted by Crippen LogP contribution is 2.22. The molecule has 2 rings (SSSR count). The van der Waals surface area contributed by atoms with Crippen LogP contribution in [0.3, 0.4) is 0 Å². The van der Waals surface area contributed by atoms with Crippen LogP contribution in [0.1, 0.15) is 47.2 Å². The lowest BCUT2D eigenvalue weighted by Crippen LogP contribution is -2.34. The first-order valence-electron chi connectivity index (χ1n) is 7.17. The van der Waals surface area contributed by atoms with Crippen molar-refractivity contribution in [1.82, 2.24) is 5.32 Å². The van der Waals surface area contributed by atoms with Crippen molar-refractivity contribution in [2.45, 2.75) is 45.6 Å². The molecule has 0 unspecified atom stereocenters. The number of aryl methyl sites for hydroxylation is 2. The van der Waals surface area contributed by atoms with Gasteiger partial charge in [0.05, 0.1) is 0 Å². The Labute approximate surface area is 115 Å². The van der Waals surface area contributed by atoms with Crippen molar-refractivity contribution in [3.8, 4) is 0 Å². The number of carbonyl (C=O) groups is 1. The molecule has 0 radical (unpaired) electrons. The van der Waals surface area contributed by atoms with E-state index in [9.17, 15) is 4.79 Å². The quantitative estimate of drug-likeness (QED) is 0.877. The third-order valence-electron chi connectivity index (χ3n) is 4.21. The van der Waals surface area contributed by atoms with E-state index in [0.717, 1.165) is 43.4 Å². The van der Waals surface area contributed by atoms with Crippen molar-refractivity contribution in [1.29, 1.82) is 0 Å². The van der Waals surface area contributed by atoms with Crippen LogP contribution in [0.2, 0.25) is 0 Å². The molecule has 0 heterocycles. The highest BCUT2D eigenvalue weighted by Gasteiger charge is 2.19. The lowest BCUT2D eigenvalue weighted by atomic mass is 9.86. The van der Waals surface area contributed by atoms with Crippen molar-refractivity contribution in [2.75, 3.05) is 6.54 Å². The standard InChI is InChI=1S/C16H24N2O/c1-11-3-6-14(9-12(11)2)16(19)18-10-13-4-7-15(17)8-5-13/h3,6,9,13,15H,4-5,7-8,10,17H2,1-2H3,(H,18,19). The van der Waals surface area contributed by atoms with Gasteiger partial charge in [-0.2, -0.15) is 0 Å². The van der Waals surface area contributed by atoms with Crippen LogP contribution in [0.25, 0.3) is 0 Å². The molecule has 1 aliphatic carbocycles. The number of rotatable bonds is 3. The summed E-state index contributed by atoms with van der Waals surface area (Å²) in [6.45, 7) is 4.87. The molecule has 1 aliphatic rings. The van der Waals surface area contributed by atoms with Crippen LogP contribution in [0.4, 0.5) is 0 Å². The first-order valence-corrected chi connectivity index (χ1v) is 7.17. The van der Waals surface area contributed by atoms with Gasteiger partial charge < -0.3 is 11.1 Å². The van der Waals surface area contributed by atoms with Gasteiger partial charge in [0.15, 0.2) is 0 Å². The van der Waals surface area contributed by atoms with Gasteiger partial charge in [-0.05, 0) is 68.7 Å². The Bertz CT molecular complexity index is 448. The summed E-state index contributed by atoms with van der Waals surface area (Å²) < 4.78 is 0. The minimum absolute atomic E-state index is 0.0398. The van der Waals surface area contributed by atoms with E-state index in [2.05, 4.69) is 12.2 Å². The summed E-state index contributed by atoms with van der Waals surface area (Å²) in [6.07, 6.45) is 4.44. The summed E-state index contributed by atoms with van der Waals surface area (Å²) in [5.74, 6) is 0.633. The predicted molar refractivity (Wildman–Crippen MR) is 78.2 cm³/mol. The molecule has 0 aromatic heterocycles. The number of nitrogens with one attached hydrogen (secondary N) is 1. The zero-order valence-electron chi connectivity index (χ0n) is 11.9. The van der Waals surface area contributed by atoms with Gasteiger partial charge in [-0.3, -0.25) is 4.79 Å². The molecule has 3 N–H and O–H groups in total. The Morgan fingerprint density at radius 1 is 1.21 bits per heavy atom. The molecular weight excluding hydrogens is 236 g/mol. The minimum Gasteiger partial charge on any atom is -0.352 e. The summed E-state index contributed by atoms with van der Waals surface area (Å²) in [5, 5.41) is 3.05. The minimum atomic E-state index is 0.0398. The van der Waals surface area contributed by atoms with Crippen LogP contribution < -0.4 is 11.1 Å². The van der Waals surface area contributed by atoms with Gasteiger partial charge in [0.1, 0.15) is 0 Å². The number of carbonyl (C=O) groups excluding carboxylic acids is 1. The normalized spacial score (nSPS) is 23.1. The van der Waals surface area contributed by atoms with E-state index >= 15 is 0 Å². The molecule has 19 heavy (non-hydrogen) atoms. The van der Waals surface area contributed by atoms with E-state index in [1.165, 1.54) is 5.56 Å². The van der Waals surface area contributed by atoms with Crippen molar-refractivity contribution < 1.29 is 4.79 Å². The maximum Gasteiger partial charge on any atom is 0.251 e. The maximum atomic E-state index is 12.1. The summed E-state index contributed by atoms with van der Waals surface area (Å²) in [4.78, 5) is 12.1. The molecule has 0 aliphatic heterocycles. The van der Waals surface area contributed by atoms with Crippen LogP contribution in [0.5, 0.6) is 0 Å². The van der Waals surface area contributed by atoms with E-state index in [0.29, 0.717) is 12.0 Å². The molecule has 0 saturated heterocycles. The number of amides is 1. The van der Waals surface area contributed by atoms with Gasteiger partial charge in [-0.25, -0.2) is 0 Å². The Morgan fingerprint density at radius 3 is 2.53 bits per heavy atom. The second-order valence-electron chi connectivity index (χ2n) is 5.79. The third kappa shape index (κ3) is 3.80. The van der Waals surface area contributed by atoms with Crippen LogP contribution in [-0.2, 0) is 0 Å². The average molecular weight is 260 g/mol. The van der Waals surface area contributed by atoms with E-state index in [-0.39, 0.29) is 5.91 Å². The van der Waals surface area contributed by atoms with Gasteiger partial charge in [0.2, 0.25) is 0 Å². The fraction of sp³-hybridized carbons (Fsp3) is 0.562. The van der Waals surface area contributed by atoms with E-state index in [1.54, 1.807) is 0 Å². The molecule has 1 amide bonds. The smallest absolute Gasteiger partial charge is 0.251 e. The first kappa shape index (κ1) is 14.1. The lowest BCUT2D eigenvalue weighted by Gasteiger charge is -2.26. The highest BCUT2D eigenvalue weighted by atomic mass is 16.1. The number of hydrogen-bond acceptors (Lipinski definition) is 2. The van der Waals surface area contributed by atoms with E-state index in [1.807, 2.05) is 25.1 Å². The summed E-state index contributed by atoms with van der Waals surface area (Å²) in [7, 11) is 0. The molecule has 1 fully saturated rings. The molecule has 3 heteroatoms. The molecule has 0 bridgehead atoms. The fourth-order valence-electron chi connectivity index (χ4n) is 2.61. The Kier molecular flexibility index (Phi) is 4.59. The summed E-state index contributed by atoms with van der Waals surface area (Å²) >= 11 is 0. The van der Waals surface area contributed by atoms with Gasteiger partial charge in [-0.15, -0.1) is 0 Å².